The minimum atomic E-state index is -3.90. The van der Waals surface area contributed by atoms with E-state index in [2.05, 4.69) is 5.32 Å². The van der Waals surface area contributed by atoms with Crippen LogP contribution in [0.25, 0.3) is 0 Å². The molecule has 0 heterocycles. The maximum Gasteiger partial charge on any atom is 0.271 e. The predicted octanol–water partition coefficient (Wildman–Crippen LogP) is 3.96. The molecule has 2 atom stereocenters. The highest BCUT2D eigenvalue weighted by Gasteiger charge is 2.32. The molecule has 2 aromatic carbocycles. The van der Waals surface area contributed by atoms with E-state index in [0.29, 0.717) is 17.9 Å². The molecule has 1 amide bonds. The van der Waals surface area contributed by atoms with Gasteiger partial charge in [0.05, 0.1) is 22.9 Å². The van der Waals surface area contributed by atoms with E-state index in [-0.39, 0.29) is 17.4 Å². The maximum atomic E-state index is 13.1. The third-order valence-corrected chi connectivity index (χ3v) is 6.18. The van der Waals surface area contributed by atoms with Gasteiger partial charge in [0.1, 0.15) is 6.04 Å². The number of anilines is 1. The molecule has 8 nitrogen and oxygen atoms in total. The second kappa shape index (κ2) is 9.91. The molecule has 0 spiro atoms. The number of nitro groups is 1. The van der Waals surface area contributed by atoms with Crippen molar-refractivity contribution in [2.24, 2.45) is 5.92 Å². The molecule has 0 aliphatic carbocycles. The monoisotopic (exact) mass is 447 g/mol. The number of benzene rings is 2. The minimum absolute atomic E-state index is 0.111. The van der Waals surface area contributed by atoms with Gasteiger partial charge in [-0.25, -0.2) is 8.42 Å². The Hall–Kier alpha value is -2.94. The van der Waals surface area contributed by atoms with Crippen molar-refractivity contribution >= 4 is 27.3 Å². The summed E-state index contributed by atoms with van der Waals surface area (Å²) in [6.45, 7) is 7.21. The smallest absolute Gasteiger partial charge is 0.271 e. The summed E-state index contributed by atoms with van der Waals surface area (Å²) < 4.78 is 26.2. The van der Waals surface area contributed by atoms with Gasteiger partial charge >= 0.3 is 0 Å². The molecule has 0 saturated heterocycles. The number of hydrogen-bond donors (Lipinski definition) is 1. The van der Waals surface area contributed by atoms with E-state index in [0.717, 1.165) is 16.1 Å². The van der Waals surface area contributed by atoms with Crippen molar-refractivity contribution in [2.45, 2.75) is 46.2 Å². The van der Waals surface area contributed by atoms with Crippen LogP contribution in [-0.2, 0) is 14.8 Å². The van der Waals surface area contributed by atoms with E-state index in [9.17, 15) is 23.3 Å². The van der Waals surface area contributed by atoms with Gasteiger partial charge in [-0.05, 0) is 37.3 Å². The number of aryl methyl sites for hydroxylation is 1. The zero-order valence-corrected chi connectivity index (χ0v) is 19.2. The molecule has 31 heavy (non-hydrogen) atoms. The molecule has 0 aromatic heterocycles. The van der Waals surface area contributed by atoms with Crippen LogP contribution in [0.15, 0.2) is 48.5 Å². The van der Waals surface area contributed by atoms with E-state index in [1.807, 2.05) is 44.2 Å². The maximum absolute atomic E-state index is 13.1. The van der Waals surface area contributed by atoms with Crippen molar-refractivity contribution < 1.29 is 18.1 Å². The van der Waals surface area contributed by atoms with Crippen LogP contribution in [0.2, 0.25) is 0 Å². The van der Waals surface area contributed by atoms with Crippen LogP contribution in [0.5, 0.6) is 0 Å². The first-order chi connectivity index (χ1) is 14.4. The molecule has 0 aliphatic heterocycles. The number of non-ortho nitro benzene ring substituents is 1. The highest BCUT2D eigenvalue weighted by molar-refractivity contribution is 7.92. The first-order valence-electron chi connectivity index (χ1n) is 10.0. The van der Waals surface area contributed by atoms with Gasteiger partial charge in [0.25, 0.3) is 5.69 Å². The molecule has 0 bridgehead atoms. The fourth-order valence-electron chi connectivity index (χ4n) is 3.46. The second-order valence-corrected chi connectivity index (χ2v) is 9.92. The van der Waals surface area contributed by atoms with E-state index in [1.165, 1.54) is 25.1 Å². The van der Waals surface area contributed by atoms with Gasteiger partial charge in [-0.1, -0.05) is 50.2 Å². The van der Waals surface area contributed by atoms with Crippen molar-refractivity contribution in [1.82, 2.24) is 5.32 Å². The van der Waals surface area contributed by atoms with Crippen LogP contribution in [0, 0.1) is 23.0 Å². The average molecular weight is 448 g/mol. The number of nitrogens with one attached hydrogen (secondary N) is 1. The van der Waals surface area contributed by atoms with E-state index >= 15 is 0 Å². The average Bonchev–Trinajstić information content (AvgIpc) is 2.68. The fraction of sp³-hybridized carbons (Fsp3) is 0.409. The molecule has 0 unspecified atom stereocenters. The molecule has 1 N–H and O–H groups in total. The number of carbonyl (C=O) groups excluding carboxylic acids is 1. The number of hydrogen-bond acceptors (Lipinski definition) is 5. The van der Waals surface area contributed by atoms with E-state index in [1.54, 1.807) is 6.92 Å². The third-order valence-electron chi connectivity index (χ3n) is 4.96. The van der Waals surface area contributed by atoms with Crippen molar-refractivity contribution in [2.75, 3.05) is 10.6 Å². The molecule has 0 aliphatic rings. The lowest BCUT2D eigenvalue weighted by Crippen LogP contribution is -2.49. The van der Waals surface area contributed by atoms with Crippen LogP contribution in [0.1, 0.15) is 44.4 Å². The van der Waals surface area contributed by atoms with Crippen LogP contribution < -0.4 is 9.62 Å². The molecule has 0 saturated carbocycles. The van der Waals surface area contributed by atoms with Crippen LogP contribution in [0.4, 0.5) is 11.4 Å². The Bertz CT molecular complexity index is 1040. The molecule has 0 fully saturated rings. The van der Waals surface area contributed by atoms with E-state index in [4.69, 9.17) is 0 Å². The summed E-state index contributed by atoms with van der Waals surface area (Å²) in [6, 6.07) is 12.0. The Balaban J connectivity index is 2.41. The zero-order chi connectivity index (χ0) is 23.3. The molecule has 2 rings (SSSR count). The summed E-state index contributed by atoms with van der Waals surface area (Å²) in [5, 5.41) is 14.2. The molecule has 0 radical (unpaired) electrons. The van der Waals surface area contributed by atoms with Crippen LogP contribution in [0.3, 0.4) is 0 Å². The number of rotatable bonds is 9. The topological polar surface area (TPSA) is 110 Å². The van der Waals surface area contributed by atoms with Crippen LogP contribution >= 0.6 is 0 Å². The Morgan fingerprint density at radius 1 is 1.13 bits per heavy atom. The number of carbonyl (C=O) groups is 1. The zero-order valence-electron chi connectivity index (χ0n) is 18.4. The summed E-state index contributed by atoms with van der Waals surface area (Å²) in [6.07, 6.45) is 1.66. The standard InChI is InChI=1S/C22H29N3O5S/c1-15(2)13-20(18-9-7-6-8-10-18)23-22(26)17(4)24(31(5,29)30)21-14-19(25(27)28)12-11-16(21)3/h6-12,14-15,17,20H,13H2,1-5H3,(H,23,26)/t17-,20+/m0/s1. The first-order valence-corrected chi connectivity index (χ1v) is 11.9. The van der Waals surface area contributed by atoms with Gasteiger partial charge in [-0.2, -0.15) is 0 Å². The van der Waals surface area contributed by atoms with Crippen molar-refractivity contribution in [3.63, 3.8) is 0 Å². The van der Waals surface area contributed by atoms with E-state index < -0.39 is 26.9 Å². The lowest BCUT2D eigenvalue weighted by Gasteiger charge is -2.31. The van der Waals surface area contributed by atoms with Gasteiger partial charge in [0, 0.05) is 12.1 Å². The van der Waals surface area contributed by atoms with Crippen molar-refractivity contribution in [1.29, 1.82) is 0 Å². The predicted molar refractivity (Wildman–Crippen MR) is 121 cm³/mol. The number of sulfonamides is 1. The minimum Gasteiger partial charge on any atom is -0.347 e. The second-order valence-electron chi connectivity index (χ2n) is 8.06. The molecular weight excluding hydrogens is 418 g/mol. The summed E-state index contributed by atoms with van der Waals surface area (Å²) in [5.74, 6) is -0.184. The fourth-order valence-corrected chi connectivity index (χ4v) is 4.68. The Morgan fingerprint density at radius 2 is 1.74 bits per heavy atom. The molecular formula is C22H29N3O5S. The number of nitrogens with zero attached hydrogens (tertiary/aromatic N) is 2. The van der Waals surface area contributed by atoms with Crippen molar-refractivity contribution in [3.05, 3.63) is 69.8 Å². The molecule has 168 valence electrons. The summed E-state index contributed by atoms with van der Waals surface area (Å²) >= 11 is 0. The highest BCUT2D eigenvalue weighted by atomic mass is 32.2. The Kier molecular flexibility index (Phi) is 7.78. The van der Waals surface area contributed by atoms with Crippen LogP contribution in [-0.4, -0.2) is 31.5 Å². The SMILES string of the molecule is Cc1ccc([N+](=O)[O-])cc1N([C@@H](C)C(=O)N[C@H](CC(C)C)c1ccccc1)S(C)(=O)=O. The largest absolute Gasteiger partial charge is 0.347 e. The summed E-state index contributed by atoms with van der Waals surface area (Å²) in [7, 11) is -3.90. The Labute approximate surface area is 183 Å². The highest BCUT2D eigenvalue weighted by Crippen LogP contribution is 2.30. The van der Waals surface area contributed by atoms with Gasteiger partial charge in [-0.15, -0.1) is 0 Å². The third kappa shape index (κ3) is 6.27. The number of amides is 1. The molecule has 2 aromatic rings. The molecule has 9 heteroatoms. The summed E-state index contributed by atoms with van der Waals surface area (Å²) in [5.41, 5.74) is 1.30. The summed E-state index contributed by atoms with van der Waals surface area (Å²) in [4.78, 5) is 23.8. The van der Waals surface area contributed by atoms with Crippen molar-refractivity contribution in [3.8, 4) is 0 Å². The van der Waals surface area contributed by atoms with Gasteiger partial charge < -0.3 is 5.32 Å². The first kappa shape index (κ1) is 24.3. The van der Waals surface area contributed by atoms with Gasteiger partial charge in [0.15, 0.2) is 0 Å². The van der Waals surface area contributed by atoms with Gasteiger partial charge in [-0.3, -0.25) is 19.2 Å². The Morgan fingerprint density at radius 3 is 2.26 bits per heavy atom. The van der Waals surface area contributed by atoms with Gasteiger partial charge in [0.2, 0.25) is 15.9 Å². The lowest BCUT2D eigenvalue weighted by molar-refractivity contribution is -0.384. The number of nitro benzene ring substituents is 1. The normalized spacial score (nSPS) is 13.5. The lowest BCUT2D eigenvalue weighted by atomic mass is 9.96. The quantitative estimate of drug-likeness (QED) is 0.462.